The average molecular weight is 415 g/mol. The van der Waals surface area contributed by atoms with Gasteiger partial charge in [0.15, 0.2) is 5.78 Å². The van der Waals surface area contributed by atoms with E-state index in [9.17, 15) is 9.59 Å². The zero-order valence-corrected chi connectivity index (χ0v) is 17.9. The number of morpholine rings is 1. The fraction of sp³-hybridized carbons (Fsp3) is 0.478. The predicted molar refractivity (Wildman–Crippen MR) is 112 cm³/mol. The highest BCUT2D eigenvalue weighted by Crippen LogP contribution is 2.47. The predicted octanol–water partition coefficient (Wildman–Crippen LogP) is 3.80. The number of carbonyl (C=O) groups is 2. The van der Waals surface area contributed by atoms with Crippen LogP contribution >= 0.6 is 11.6 Å². The molecule has 29 heavy (non-hydrogen) atoms. The molecule has 0 bridgehead atoms. The summed E-state index contributed by atoms with van der Waals surface area (Å²) < 4.78 is 5.41. The van der Waals surface area contributed by atoms with Crippen molar-refractivity contribution in [3.05, 3.63) is 57.4 Å². The van der Waals surface area contributed by atoms with E-state index in [1.165, 1.54) is 0 Å². The smallest absolute Gasteiger partial charge is 0.252 e. The standard InChI is InChI=1S/C23H27ClN2O3/c1-14-19(22(28)26-8-10-29-11-9-26)20(15-4-6-16(24)7-5-15)21-17(25-14)12-23(2,3)13-18(21)27/h4-7,20,25H,8-13H2,1-3H3/t20-/m1/s1. The van der Waals surface area contributed by atoms with Crippen LogP contribution in [0.25, 0.3) is 0 Å². The maximum atomic E-state index is 13.5. The minimum Gasteiger partial charge on any atom is -0.378 e. The van der Waals surface area contributed by atoms with Crippen LogP contribution in [0.2, 0.25) is 5.02 Å². The first-order chi connectivity index (χ1) is 13.8. The molecule has 154 valence electrons. The Labute approximate surface area is 176 Å². The van der Waals surface area contributed by atoms with Gasteiger partial charge in [-0.05, 0) is 36.5 Å². The van der Waals surface area contributed by atoms with Gasteiger partial charge in [0.1, 0.15) is 0 Å². The van der Waals surface area contributed by atoms with Gasteiger partial charge in [-0.25, -0.2) is 0 Å². The molecule has 0 aromatic heterocycles. The zero-order valence-electron chi connectivity index (χ0n) is 17.2. The van der Waals surface area contributed by atoms with E-state index in [0.29, 0.717) is 43.3 Å². The van der Waals surface area contributed by atoms with Crippen LogP contribution in [0.3, 0.4) is 0 Å². The number of amides is 1. The Kier molecular flexibility index (Phi) is 5.30. The molecule has 5 nitrogen and oxygen atoms in total. The summed E-state index contributed by atoms with van der Waals surface area (Å²) in [6.45, 7) is 8.37. The fourth-order valence-corrected chi connectivity index (χ4v) is 4.77. The number of ether oxygens (including phenoxy) is 1. The summed E-state index contributed by atoms with van der Waals surface area (Å²) in [4.78, 5) is 28.6. The number of ketones is 1. The molecule has 1 aliphatic carbocycles. The van der Waals surface area contributed by atoms with Gasteiger partial charge in [0.2, 0.25) is 0 Å². The molecular weight excluding hydrogens is 388 g/mol. The van der Waals surface area contributed by atoms with Crippen molar-refractivity contribution >= 4 is 23.3 Å². The Morgan fingerprint density at radius 2 is 1.83 bits per heavy atom. The summed E-state index contributed by atoms with van der Waals surface area (Å²) in [6.07, 6.45) is 1.27. The molecule has 0 spiro atoms. The van der Waals surface area contributed by atoms with Crippen LogP contribution in [-0.2, 0) is 14.3 Å². The lowest BCUT2D eigenvalue weighted by atomic mass is 9.68. The highest BCUT2D eigenvalue weighted by Gasteiger charge is 2.43. The van der Waals surface area contributed by atoms with Crippen molar-refractivity contribution < 1.29 is 14.3 Å². The summed E-state index contributed by atoms with van der Waals surface area (Å²) in [6, 6.07) is 7.50. The van der Waals surface area contributed by atoms with Crippen LogP contribution in [-0.4, -0.2) is 42.9 Å². The Morgan fingerprint density at radius 3 is 2.48 bits per heavy atom. The van der Waals surface area contributed by atoms with Crippen LogP contribution in [0.5, 0.6) is 0 Å². The van der Waals surface area contributed by atoms with Crippen LogP contribution in [0.1, 0.15) is 45.1 Å². The van der Waals surface area contributed by atoms with Crippen LogP contribution in [0, 0.1) is 5.41 Å². The number of nitrogens with zero attached hydrogens (tertiary/aromatic N) is 1. The number of dihydropyridines is 1. The number of rotatable bonds is 2. The quantitative estimate of drug-likeness (QED) is 0.799. The highest BCUT2D eigenvalue weighted by atomic mass is 35.5. The molecule has 2 aliphatic heterocycles. The minimum atomic E-state index is -0.373. The number of carbonyl (C=O) groups excluding carboxylic acids is 2. The van der Waals surface area contributed by atoms with Crippen LogP contribution in [0.15, 0.2) is 46.8 Å². The van der Waals surface area contributed by atoms with Gasteiger partial charge in [0.05, 0.1) is 13.2 Å². The summed E-state index contributed by atoms with van der Waals surface area (Å²) in [5, 5.41) is 4.05. The molecule has 1 saturated heterocycles. The van der Waals surface area contributed by atoms with Gasteiger partial charge in [0, 0.05) is 53.0 Å². The molecule has 3 aliphatic rings. The maximum Gasteiger partial charge on any atom is 0.252 e. The lowest BCUT2D eigenvalue weighted by Gasteiger charge is -2.41. The third-order valence-corrected chi connectivity index (χ3v) is 6.22. The second-order valence-electron chi connectivity index (χ2n) is 8.89. The average Bonchev–Trinajstić information content (AvgIpc) is 2.67. The molecule has 2 heterocycles. The number of nitrogens with one attached hydrogen (secondary N) is 1. The van der Waals surface area contributed by atoms with Crippen molar-refractivity contribution in [2.24, 2.45) is 5.41 Å². The van der Waals surface area contributed by atoms with Crippen molar-refractivity contribution in [2.75, 3.05) is 26.3 Å². The molecule has 0 unspecified atom stereocenters. The first-order valence-corrected chi connectivity index (χ1v) is 10.5. The third kappa shape index (κ3) is 3.86. The molecular formula is C23H27ClN2O3. The van der Waals surface area contributed by atoms with Gasteiger partial charge in [-0.2, -0.15) is 0 Å². The van der Waals surface area contributed by atoms with Crippen LogP contribution in [0.4, 0.5) is 0 Å². The fourth-order valence-electron chi connectivity index (χ4n) is 4.64. The van der Waals surface area contributed by atoms with Crippen molar-refractivity contribution in [1.82, 2.24) is 10.2 Å². The maximum absolute atomic E-state index is 13.5. The SMILES string of the molecule is CC1=C(C(=O)N2CCOCC2)[C@@H](c2ccc(Cl)cc2)C2=C(CC(C)(C)CC2=O)N1. The van der Waals surface area contributed by atoms with E-state index in [1.54, 1.807) is 0 Å². The molecule has 4 rings (SSSR count). The minimum absolute atomic E-state index is 0.0255. The van der Waals surface area contributed by atoms with Gasteiger partial charge in [-0.15, -0.1) is 0 Å². The monoisotopic (exact) mass is 414 g/mol. The van der Waals surface area contributed by atoms with E-state index in [4.69, 9.17) is 16.3 Å². The number of allylic oxidation sites excluding steroid dienone is 3. The Balaban J connectivity index is 1.82. The topological polar surface area (TPSA) is 58.6 Å². The molecule has 1 aromatic carbocycles. The summed E-state index contributed by atoms with van der Waals surface area (Å²) in [7, 11) is 0. The third-order valence-electron chi connectivity index (χ3n) is 5.97. The first kappa shape index (κ1) is 20.2. The van der Waals surface area contributed by atoms with E-state index in [1.807, 2.05) is 36.1 Å². The van der Waals surface area contributed by atoms with E-state index in [-0.39, 0.29) is 23.0 Å². The van der Waals surface area contributed by atoms with E-state index in [2.05, 4.69) is 19.2 Å². The second-order valence-corrected chi connectivity index (χ2v) is 9.32. The molecule has 1 amide bonds. The van der Waals surface area contributed by atoms with Crippen molar-refractivity contribution in [2.45, 2.75) is 39.5 Å². The van der Waals surface area contributed by atoms with E-state index < -0.39 is 0 Å². The first-order valence-electron chi connectivity index (χ1n) is 10.1. The summed E-state index contributed by atoms with van der Waals surface area (Å²) >= 11 is 6.11. The number of hydrogen-bond acceptors (Lipinski definition) is 4. The lowest BCUT2D eigenvalue weighted by Crippen LogP contribution is -2.45. The second kappa shape index (κ2) is 7.62. The Hall–Kier alpha value is -2.11. The molecule has 1 aromatic rings. The van der Waals surface area contributed by atoms with Crippen molar-refractivity contribution in [3.8, 4) is 0 Å². The van der Waals surface area contributed by atoms with Gasteiger partial charge in [-0.3, -0.25) is 9.59 Å². The van der Waals surface area contributed by atoms with Gasteiger partial charge in [-0.1, -0.05) is 37.6 Å². The Bertz CT molecular complexity index is 909. The molecule has 1 fully saturated rings. The highest BCUT2D eigenvalue weighted by molar-refractivity contribution is 6.30. The number of benzene rings is 1. The van der Waals surface area contributed by atoms with Crippen LogP contribution < -0.4 is 5.32 Å². The van der Waals surface area contributed by atoms with Gasteiger partial charge in [0.25, 0.3) is 5.91 Å². The Morgan fingerprint density at radius 1 is 1.17 bits per heavy atom. The lowest BCUT2D eigenvalue weighted by molar-refractivity contribution is -0.131. The molecule has 6 heteroatoms. The number of halogens is 1. The normalized spacial score (nSPS) is 24.3. The summed E-state index contributed by atoms with van der Waals surface area (Å²) in [5.41, 5.74) is 3.98. The molecule has 1 atom stereocenters. The number of hydrogen-bond donors (Lipinski definition) is 1. The molecule has 1 N–H and O–H groups in total. The van der Waals surface area contributed by atoms with Gasteiger partial charge >= 0.3 is 0 Å². The van der Waals surface area contributed by atoms with E-state index in [0.717, 1.165) is 29.0 Å². The summed E-state index contributed by atoms with van der Waals surface area (Å²) in [5.74, 6) is -0.284. The largest absolute Gasteiger partial charge is 0.378 e. The van der Waals surface area contributed by atoms with E-state index >= 15 is 0 Å². The van der Waals surface area contributed by atoms with Crippen molar-refractivity contribution in [1.29, 1.82) is 0 Å². The molecule has 0 radical (unpaired) electrons. The molecule has 0 saturated carbocycles. The van der Waals surface area contributed by atoms with Gasteiger partial charge < -0.3 is 15.0 Å². The zero-order chi connectivity index (χ0) is 20.8. The van der Waals surface area contributed by atoms with Crippen molar-refractivity contribution in [3.63, 3.8) is 0 Å². The number of Topliss-reactive ketones (excluding diaryl/α,β-unsaturated/α-hetero) is 1.